The molecule has 172 valence electrons. The van der Waals surface area contributed by atoms with Gasteiger partial charge in [0.15, 0.2) is 0 Å². The van der Waals surface area contributed by atoms with Crippen molar-refractivity contribution in [2.24, 2.45) is 0 Å². The van der Waals surface area contributed by atoms with Crippen LogP contribution >= 0.6 is 11.3 Å². The molecule has 1 saturated heterocycles. The van der Waals surface area contributed by atoms with Crippen LogP contribution in [-0.4, -0.2) is 40.2 Å². The van der Waals surface area contributed by atoms with E-state index < -0.39 is 0 Å². The largest absolute Gasteiger partial charge is 0.393 e. The second-order valence-electron chi connectivity index (χ2n) is 8.90. The summed E-state index contributed by atoms with van der Waals surface area (Å²) < 4.78 is 1.14. The Kier molecular flexibility index (Phi) is 5.19. The molecule has 3 aromatic heterocycles. The second-order valence-corrected chi connectivity index (χ2v) is 9.78. The number of rotatable bonds is 4. The molecular weight excluding hydrogens is 446 g/mol. The molecule has 8 heteroatoms. The fourth-order valence-electron chi connectivity index (χ4n) is 4.88. The Bertz CT molecular complexity index is 1390. The maximum Gasteiger partial charge on any atom is 0.254 e. The number of carbonyl (C=O) groups excluding carboxylic acids is 1. The molecule has 0 unspecified atom stereocenters. The van der Waals surface area contributed by atoms with E-state index in [1.807, 2.05) is 36.7 Å². The first kappa shape index (κ1) is 21.1. The molecule has 0 radical (unpaired) electrons. The van der Waals surface area contributed by atoms with E-state index in [9.17, 15) is 9.90 Å². The zero-order valence-corrected chi connectivity index (χ0v) is 19.7. The van der Waals surface area contributed by atoms with Crippen molar-refractivity contribution in [1.82, 2.24) is 15.3 Å². The lowest BCUT2D eigenvalue weighted by Gasteiger charge is -2.31. The highest BCUT2D eigenvalue weighted by molar-refractivity contribution is 7.17. The summed E-state index contributed by atoms with van der Waals surface area (Å²) in [6.45, 7) is 4.24. The first-order valence-corrected chi connectivity index (χ1v) is 12.4. The molecular formula is C26H25N5O2S. The molecule has 5 heterocycles. The van der Waals surface area contributed by atoms with E-state index in [0.29, 0.717) is 17.9 Å². The number of piperidine rings is 1. The summed E-state index contributed by atoms with van der Waals surface area (Å²) >= 11 is 1.69. The molecule has 3 N–H and O–H groups in total. The number of aryl methyl sites for hydroxylation is 1. The SMILES string of the molecule is Cc1csc2c(-c3ccc(Nc4ccc(N5CCC(O)CC5)cn4)c4c3CNC4=O)ccnc12. The first-order chi connectivity index (χ1) is 16.6. The van der Waals surface area contributed by atoms with Crippen molar-refractivity contribution < 1.29 is 9.90 Å². The number of benzene rings is 1. The second kappa shape index (κ2) is 8.38. The number of aliphatic hydroxyl groups excluding tert-OH is 1. The Morgan fingerprint density at radius 1 is 1.12 bits per heavy atom. The highest BCUT2D eigenvalue weighted by atomic mass is 32.1. The lowest BCUT2D eigenvalue weighted by atomic mass is 9.95. The number of anilines is 3. The number of aromatic nitrogens is 2. The molecule has 34 heavy (non-hydrogen) atoms. The number of fused-ring (bicyclic) bond motifs is 2. The van der Waals surface area contributed by atoms with Crippen LogP contribution < -0.4 is 15.5 Å². The van der Waals surface area contributed by atoms with E-state index in [1.165, 1.54) is 5.56 Å². The third-order valence-electron chi connectivity index (χ3n) is 6.73. The average molecular weight is 472 g/mol. The van der Waals surface area contributed by atoms with Crippen LogP contribution in [0, 0.1) is 6.92 Å². The molecule has 1 aromatic carbocycles. The van der Waals surface area contributed by atoms with Crippen LogP contribution in [0.5, 0.6) is 0 Å². The quantitative estimate of drug-likeness (QED) is 0.403. The number of hydrogen-bond acceptors (Lipinski definition) is 7. The molecule has 4 aromatic rings. The zero-order chi connectivity index (χ0) is 23.2. The number of pyridine rings is 2. The molecule has 0 bridgehead atoms. The number of thiophene rings is 1. The minimum absolute atomic E-state index is 0.0736. The predicted molar refractivity (Wildman–Crippen MR) is 136 cm³/mol. The molecule has 1 fully saturated rings. The van der Waals surface area contributed by atoms with Crippen LogP contribution in [0.4, 0.5) is 17.2 Å². The van der Waals surface area contributed by atoms with Crippen molar-refractivity contribution in [2.45, 2.75) is 32.4 Å². The fraction of sp³-hybridized carbons (Fsp3) is 0.269. The van der Waals surface area contributed by atoms with Gasteiger partial charge in [-0.05, 0) is 66.1 Å². The van der Waals surface area contributed by atoms with Crippen LogP contribution in [0.15, 0.2) is 48.1 Å². The molecule has 0 saturated carbocycles. The Hall–Kier alpha value is -3.49. The summed E-state index contributed by atoms with van der Waals surface area (Å²) in [5, 5.41) is 18.2. The number of carbonyl (C=O) groups is 1. The Balaban J connectivity index is 1.32. The monoisotopic (exact) mass is 471 g/mol. The summed E-state index contributed by atoms with van der Waals surface area (Å²) in [5.41, 5.74) is 7.82. The maximum atomic E-state index is 12.8. The number of amides is 1. The highest BCUT2D eigenvalue weighted by Crippen LogP contribution is 2.39. The number of nitrogens with zero attached hydrogens (tertiary/aromatic N) is 3. The van der Waals surface area contributed by atoms with Crippen molar-refractivity contribution in [3.63, 3.8) is 0 Å². The van der Waals surface area contributed by atoms with Gasteiger partial charge in [-0.1, -0.05) is 6.07 Å². The molecule has 2 aliphatic heterocycles. The smallest absolute Gasteiger partial charge is 0.254 e. The minimum atomic E-state index is -0.201. The van der Waals surface area contributed by atoms with Gasteiger partial charge in [-0.15, -0.1) is 11.3 Å². The van der Waals surface area contributed by atoms with E-state index in [4.69, 9.17) is 0 Å². The van der Waals surface area contributed by atoms with Crippen LogP contribution in [0.2, 0.25) is 0 Å². The number of nitrogens with one attached hydrogen (secondary N) is 2. The molecule has 0 atom stereocenters. The third kappa shape index (κ3) is 3.59. The summed E-state index contributed by atoms with van der Waals surface area (Å²) in [7, 11) is 0. The molecule has 2 aliphatic rings. The first-order valence-electron chi connectivity index (χ1n) is 11.5. The van der Waals surface area contributed by atoms with Crippen LogP contribution in [0.3, 0.4) is 0 Å². The lowest BCUT2D eigenvalue weighted by Crippen LogP contribution is -2.35. The average Bonchev–Trinajstić information content (AvgIpc) is 3.44. The van der Waals surface area contributed by atoms with Crippen LogP contribution in [-0.2, 0) is 6.54 Å². The standard InChI is InChI=1S/C26H25N5O2S/c1-15-14-34-25-19(6-9-27-24(15)25)18-3-4-21(23-20(18)13-29-26(23)33)30-22-5-2-16(12-28-22)31-10-7-17(32)8-11-31/h2-6,9,12,14,17,32H,7-8,10-11,13H2,1H3,(H,28,30)(H,29,33). The van der Waals surface area contributed by atoms with Gasteiger partial charge >= 0.3 is 0 Å². The van der Waals surface area contributed by atoms with Crippen LogP contribution in [0.25, 0.3) is 21.3 Å². The van der Waals surface area contributed by atoms with Crippen molar-refractivity contribution in [1.29, 1.82) is 0 Å². The summed E-state index contributed by atoms with van der Waals surface area (Å²) in [6, 6.07) is 10.1. The van der Waals surface area contributed by atoms with E-state index in [0.717, 1.165) is 64.2 Å². The molecule has 0 spiro atoms. The van der Waals surface area contributed by atoms with Crippen LogP contribution in [0.1, 0.15) is 34.3 Å². The van der Waals surface area contributed by atoms with E-state index in [-0.39, 0.29) is 12.0 Å². The van der Waals surface area contributed by atoms with Gasteiger partial charge in [0, 0.05) is 31.4 Å². The summed E-state index contributed by atoms with van der Waals surface area (Å²) in [4.78, 5) is 24.2. The van der Waals surface area contributed by atoms with E-state index in [1.54, 1.807) is 11.3 Å². The van der Waals surface area contributed by atoms with Gasteiger partial charge in [-0.3, -0.25) is 9.78 Å². The molecule has 0 aliphatic carbocycles. The predicted octanol–water partition coefficient (Wildman–Crippen LogP) is 4.61. The van der Waals surface area contributed by atoms with Gasteiger partial charge in [0.2, 0.25) is 0 Å². The summed E-state index contributed by atoms with van der Waals surface area (Å²) in [6.07, 6.45) is 5.05. The maximum absolute atomic E-state index is 12.8. The number of hydrogen-bond donors (Lipinski definition) is 3. The van der Waals surface area contributed by atoms with Gasteiger partial charge < -0.3 is 20.6 Å². The van der Waals surface area contributed by atoms with Crippen molar-refractivity contribution >= 4 is 44.7 Å². The van der Waals surface area contributed by atoms with E-state index >= 15 is 0 Å². The molecule has 6 rings (SSSR count). The van der Waals surface area contributed by atoms with Gasteiger partial charge in [0.1, 0.15) is 5.82 Å². The Morgan fingerprint density at radius 3 is 2.76 bits per heavy atom. The zero-order valence-electron chi connectivity index (χ0n) is 18.8. The normalized spacial score (nSPS) is 16.1. The molecule has 7 nitrogen and oxygen atoms in total. The van der Waals surface area contributed by atoms with E-state index in [2.05, 4.69) is 43.9 Å². The fourth-order valence-corrected chi connectivity index (χ4v) is 5.91. The minimum Gasteiger partial charge on any atom is -0.393 e. The van der Waals surface area contributed by atoms with Gasteiger partial charge in [0.05, 0.1) is 39.5 Å². The molecule has 1 amide bonds. The third-order valence-corrected chi connectivity index (χ3v) is 7.85. The van der Waals surface area contributed by atoms with Crippen molar-refractivity contribution in [3.05, 3.63) is 64.8 Å². The lowest BCUT2D eigenvalue weighted by molar-refractivity contribution is 0.0966. The topological polar surface area (TPSA) is 90.4 Å². The van der Waals surface area contributed by atoms with Gasteiger partial charge in [-0.2, -0.15) is 0 Å². The summed E-state index contributed by atoms with van der Waals surface area (Å²) in [5.74, 6) is 0.617. The number of aliphatic hydroxyl groups is 1. The van der Waals surface area contributed by atoms with Gasteiger partial charge in [0.25, 0.3) is 5.91 Å². The van der Waals surface area contributed by atoms with Crippen molar-refractivity contribution in [3.8, 4) is 11.1 Å². The van der Waals surface area contributed by atoms with Gasteiger partial charge in [-0.25, -0.2) is 4.98 Å². The van der Waals surface area contributed by atoms with Crippen molar-refractivity contribution in [2.75, 3.05) is 23.3 Å². The highest BCUT2D eigenvalue weighted by Gasteiger charge is 2.27. The Labute approximate surface area is 201 Å². The Morgan fingerprint density at radius 2 is 1.97 bits per heavy atom.